The molecule has 2 aromatic carbocycles. The van der Waals surface area contributed by atoms with E-state index < -0.39 is 18.1 Å². The van der Waals surface area contributed by atoms with Crippen LogP contribution < -0.4 is 10.1 Å². The third kappa shape index (κ3) is 4.29. The van der Waals surface area contributed by atoms with Gasteiger partial charge in [0, 0.05) is 39.7 Å². The molecule has 0 fully saturated rings. The zero-order valence-corrected chi connectivity index (χ0v) is 19.7. The minimum Gasteiger partial charge on any atom is -0.511 e. The molecule has 182 valence electrons. The second-order valence-electron chi connectivity index (χ2n) is 8.20. The molecule has 3 N–H and O–H groups in total. The number of halogens is 2. The van der Waals surface area contributed by atoms with Gasteiger partial charge in [0.05, 0.1) is 31.0 Å². The largest absolute Gasteiger partial charge is 0.511 e. The smallest absolute Gasteiger partial charge is 0.339 e. The molecule has 0 saturated carbocycles. The van der Waals surface area contributed by atoms with E-state index in [1.54, 1.807) is 36.5 Å². The molecule has 1 aliphatic heterocycles. The van der Waals surface area contributed by atoms with Crippen molar-refractivity contribution in [1.29, 1.82) is 0 Å². The Bertz CT molecular complexity index is 1470. The van der Waals surface area contributed by atoms with Crippen molar-refractivity contribution in [1.82, 2.24) is 9.97 Å². The zero-order valence-electron chi connectivity index (χ0n) is 18.9. The van der Waals surface area contributed by atoms with Crippen molar-refractivity contribution >= 4 is 34.9 Å². The van der Waals surface area contributed by atoms with E-state index in [-0.39, 0.29) is 29.6 Å². The third-order valence-electron chi connectivity index (χ3n) is 5.98. The molecule has 0 amide bonds. The average Bonchev–Trinajstić information content (AvgIpc) is 3.00. The van der Waals surface area contributed by atoms with Gasteiger partial charge in [0.25, 0.3) is 0 Å². The van der Waals surface area contributed by atoms with Crippen LogP contribution in [0.5, 0.6) is 5.75 Å². The Morgan fingerprint density at radius 2 is 2.06 bits per heavy atom. The molecule has 1 aromatic heterocycles. The summed E-state index contributed by atoms with van der Waals surface area (Å²) in [6.45, 7) is 0.179. The molecule has 8 nitrogen and oxygen atoms in total. The summed E-state index contributed by atoms with van der Waals surface area (Å²) >= 11 is 6.30. The fraction of sp³-hybridized carbons (Fsp3) is 0.154. The molecule has 2 atom stereocenters. The highest BCUT2D eigenvalue weighted by Gasteiger charge is 2.34. The van der Waals surface area contributed by atoms with Gasteiger partial charge >= 0.3 is 5.97 Å². The number of anilines is 2. The van der Waals surface area contributed by atoms with Gasteiger partial charge in [-0.15, -0.1) is 0 Å². The van der Waals surface area contributed by atoms with Crippen molar-refractivity contribution in [2.45, 2.75) is 12.7 Å². The summed E-state index contributed by atoms with van der Waals surface area (Å²) in [4.78, 5) is 25.1. The number of aliphatic imine (C=N–C) groups is 1. The van der Waals surface area contributed by atoms with Crippen molar-refractivity contribution in [2.24, 2.45) is 10.9 Å². The van der Waals surface area contributed by atoms with E-state index in [4.69, 9.17) is 16.3 Å². The second kappa shape index (κ2) is 9.43. The minimum absolute atomic E-state index is 0.0300. The number of hydrogen-bond acceptors (Lipinski definition) is 7. The topological polar surface area (TPSA) is 117 Å². The number of aromatic carboxylic acids is 1. The monoisotopic (exact) mass is 506 g/mol. The average molecular weight is 507 g/mol. The summed E-state index contributed by atoms with van der Waals surface area (Å²) in [5.41, 5.74) is 3.47. The van der Waals surface area contributed by atoms with Gasteiger partial charge in [0.15, 0.2) is 0 Å². The van der Waals surface area contributed by atoms with Gasteiger partial charge in [-0.2, -0.15) is 0 Å². The number of carboxylic acids is 1. The fourth-order valence-electron chi connectivity index (χ4n) is 4.28. The van der Waals surface area contributed by atoms with Crippen molar-refractivity contribution in [2.75, 3.05) is 12.4 Å². The van der Waals surface area contributed by atoms with Crippen molar-refractivity contribution in [3.8, 4) is 17.0 Å². The highest BCUT2D eigenvalue weighted by Crippen LogP contribution is 2.37. The number of carboxylic acid groups (broad SMARTS) is 1. The van der Waals surface area contributed by atoms with Crippen molar-refractivity contribution in [3.05, 3.63) is 88.3 Å². The number of nitrogens with zero attached hydrogens (tertiary/aromatic N) is 3. The van der Waals surface area contributed by atoms with Crippen molar-refractivity contribution < 1.29 is 24.1 Å². The summed E-state index contributed by atoms with van der Waals surface area (Å²) in [6, 6.07) is 9.74. The third-order valence-corrected chi connectivity index (χ3v) is 6.21. The first-order chi connectivity index (χ1) is 17.4. The van der Waals surface area contributed by atoms with E-state index in [1.165, 1.54) is 31.4 Å². The van der Waals surface area contributed by atoms with E-state index in [2.05, 4.69) is 20.3 Å². The van der Waals surface area contributed by atoms with Gasteiger partial charge < -0.3 is 20.3 Å². The minimum atomic E-state index is -1.45. The number of ether oxygens (including phenoxy) is 1. The molecule has 0 bridgehead atoms. The van der Waals surface area contributed by atoms with Crippen LogP contribution in [-0.2, 0) is 6.54 Å². The van der Waals surface area contributed by atoms with Crippen LogP contribution in [0.25, 0.3) is 11.3 Å². The summed E-state index contributed by atoms with van der Waals surface area (Å²) < 4.78 is 20.1. The standard InChI is InChI=1S/C26H20ClFN4O4/c1-36-21-10-15(6-8-17(21)25(34)35)31-26-30-12-13-11-29-24(22-19(28)3-2-4-20(22)33)18-9-14(27)5-7-16(18)23(13)32-26/h2-10,12,19,22,33H,11H2,1H3,(H,34,35)(H,30,31,32). The number of alkyl halides is 1. The number of rotatable bonds is 5. The van der Waals surface area contributed by atoms with Gasteiger partial charge in [-0.3, -0.25) is 4.99 Å². The Labute approximate surface area is 210 Å². The molecule has 0 radical (unpaired) electrons. The SMILES string of the molecule is COc1cc(Nc2ncc3c(n2)-c2ccc(Cl)cc2C(C2C(O)=CC=CC2F)=NC3)ccc1C(=O)O. The molecular weight excluding hydrogens is 487 g/mol. The number of allylic oxidation sites excluding steroid dienone is 4. The van der Waals surface area contributed by atoms with Crippen LogP contribution in [0.1, 0.15) is 21.5 Å². The number of fused-ring (bicyclic) bond motifs is 3. The summed E-state index contributed by atoms with van der Waals surface area (Å²) in [6.07, 6.45) is 4.48. The van der Waals surface area contributed by atoms with E-state index in [9.17, 15) is 19.4 Å². The van der Waals surface area contributed by atoms with Crippen LogP contribution in [0, 0.1) is 5.92 Å². The van der Waals surface area contributed by atoms with E-state index >= 15 is 0 Å². The molecule has 2 unspecified atom stereocenters. The molecule has 2 aliphatic rings. The summed E-state index contributed by atoms with van der Waals surface area (Å²) in [7, 11) is 1.39. The number of methoxy groups -OCH3 is 1. The van der Waals surface area contributed by atoms with Crippen LogP contribution in [0.4, 0.5) is 16.0 Å². The van der Waals surface area contributed by atoms with Gasteiger partial charge in [-0.25, -0.2) is 19.2 Å². The van der Waals surface area contributed by atoms with Crippen LogP contribution in [-0.4, -0.2) is 45.1 Å². The zero-order chi connectivity index (χ0) is 25.4. The molecular formula is C26H20ClFN4O4. The number of carbonyl (C=O) groups is 1. The summed E-state index contributed by atoms with van der Waals surface area (Å²) in [5.74, 6) is -1.74. The number of benzene rings is 2. The highest BCUT2D eigenvalue weighted by molar-refractivity contribution is 6.31. The van der Waals surface area contributed by atoms with Gasteiger partial charge in [-0.1, -0.05) is 23.7 Å². The molecule has 3 aromatic rings. The lowest BCUT2D eigenvalue weighted by molar-refractivity contribution is 0.0693. The second-order valence-corrected chi connectivity index (χ2v) is 8.64. The van der Waals surface area contributed by atoms with Crippen LogP contribution in [0.15, 0.2) is 71.6 Å². The quantitative estimate of drug-likeness (QED) is 0.417. The molecule has 2 heterocycles. The van der Waals surface area contributed by atoms with Crippen LogP contribution >= 0.6 is 11.6 Å². The number of hydrogen-bond donors (Lipinski definition) is 3. The number of nitrogens with one attached hydrogen (secondary N) is 1. The first-order valence-corrected chi connectivity index (χ1v) is 11.3. The van der Waals surface area contributed by atoms with Crippen LogP contribution in [0.3, 0.4) is 0 Å². The Balaban J connectivity index is 1.55. The van der Waals surface area contributed by atoms with Crippen molar-refractivity contribution in [3.63, 3.8) is 0 Å². The lowest BCUT2D eigenvalue weighted by atomic mass is 9.85. The van der Waals surface area contributed by atoms with E-state index in [1.807, 2.05) is 0 Å². The van der Waals surface area contributed by atoms with E-state index in [0.29, 0.717) is 38.8 Å². The fourth-order valence-corrected chi connectivity index (χ4v) is 4.45. The maximum Gasteiger partial charge on any atom is 0.339 e. The molecule has 0 spiro atoms. The molecule has 0 saturated heterocycles. The maximum atomic E-state index is 14.9. The predicted molar refractivity (Wildman–Crippen MR) is 134 cm³/mol. The Kier molecular flexibility index (Phi) is 6.15. The normalized spacial score (nSPS) is 18.3. The Morgan fingerprint density at radius 3 is 2.81 bits per heavy atom. The highest BCUT2D eigenvalue weighted by atomic mass is 35.5. The van der Waals surface area contributed by atoms with Gasteiger partial charge in [0.1, 0.15) is 23.2 Å². The molecule has 10 heteroatoms. The lowest BCUT2D eigenvalue weighted by Crippen LogP contribution is -2.28. The number of aliphatic hydroxyl groups excluding tert-OH is 1. The van der Waals surface area contributed by atoms with Gasteiger partial charge in [-0.05, 0) is 36.4 Å². The first kappa shape index (κ1) is 23.5. The molecule has 36 heavy (non-hydrogen) atoms. The summed E-state index contributed by atoms with van der Waals surface area (Å²) in [5, 5.41) is 23.3. The molecule has 5 rings (SSSR count). The number of aromatic nitrogens is 2. The Hall–Kier alpha value is -4.24. The van der Waals surface area contributed by atoms with Gasteiger partial charge in [0.2, 0.25) is 5.95 Å². The molecule has 1 aliphatic carbocycles. The predicted octanol–water partition coefficient (Wildman–Crippen LogP) is 5.52. The maximum absolute atomic E-state index is 14.9. The first-order valence-electron chi connectivity index (χ1n) is 11.0. The lowest BCUT2D eigenvalue weighted by Gasteiger charge is -2.23. The van der Waals surface area contributed by atoms with Crippen LogP contribution in [0.2, 0.25) is 5.02 Å². The van der Waals surface area contributed by atoms with E-state index in [0.717, 1.165) is 0 Å². The Morgan fingerprint density at radius 1 is 1.22 bits per heavy atom. The number of aliphatic hydroxyl groups is 1.